The van der Waals surface area contributed by atoms with Gasteiger partial charge in [-0.2, -0.15) is 0 Å². The van der Waals surface area contributed by atoms with E-state index in [0.717, 1.165) is 6.42 Å². The monoisotopic (exact) mass is 310 g/mol. The van der Waals surface area contributed by atoms with Crippen LogP contribution in [-0.4, -0.2) is 11.7 Å². The van der Waals surface area contributed by atoms with Crippen LogP contribution in [0.5, 0.6) is 5.75 Å². The van der Waals surface area contributed by atoms with Gasteiger partial charge in [-0.25, -0.2) is 0 Å². The molecule has 0 saturated carbocycles. The predicted molar refractivity (Wildman–Crippen MR) is 63.9 cm³/mol. The number of aliphatic hydroxyl groups is 1. The third-order valence-electron chi connectivity index (χ3n) is 2.36. The minimum absolute atomic E-state index is 0.474. The van der Waals surface area contributed by atoms with Crippen LogP contribution < -0.4 is 4.74 Å². The molecular weight excluding hydrogens is 303 g/mol. The summed E-state index contributed by atoms with van der Waals surface area (Å²) in [7, 11) is 0. The molecule has 0 radical (unpaired) electrons. The SMILES string of the molecule is O[C@H]1CCCOc2c(Cl)cc(Br)c(Cl)c21. The Hall–Kier alpha value is 0.0400. The van der Waals surface area contributed by atoms with Crippen molar-refractivity contribution in [1.29, 1.82) is 0 Å². The molecule has 0 bridgehead atoms. The minimum Gasteiger partial charge on any atom is -0.492 e. The number of hydrogen-bond acceptors (Lipinski definition) is 2. The molecule has 0 fully saturated rings. The molecular formula is C10H9BrCl2O2. The van der Waals surface area contributed by atoms with E-state index in [9.17, 15) is 5.11 Å². The molecule has 0 aliphatic carbocycles. The number of fused-ring (bicyclic) bond motifs is 1. The van der Waals surface area contributed by atoms with Crippen LogP contribution in [0.3, 0.4) is 0 Å². The van der Waals surface area contributed by atoms with Gasteiger partial charge < -0.3 is 9.84 Å². The lowest BCUT2D eigenvalue weighted by Gasteiger charge is -2.15. The van der Waals surface area contributed by atoms with Crippen molar-refractivity contribution in [1.82, 2.24) is 0 Å². The Morgan fingerprint density at radius 2 is 2.20 bits per heavy atom. The van der Waals surface area contributed by atoms with E-state index in [-0.39, 0.29) is 0 Å². The van der Waals surface area contributed by atoms with Crippen molar-refractivity contribution >= 4 is 39.1 Å². The van der Waals surface area contributed by atoms with Crippen LogP contribution in [0.4, 0.5) is 0 Å². The summed E-state index contributed by atoms with van der Waals surface area (Å²) in [6, 6.07) is 1.68. The van der Waals surface area contributed by atoms with Crippen LogP contribution in [0, 0.1) is 0 Å². The standard InChI is InChI=1S/C10H9BrCl2O2/c11-5-4-6(12)10-8(9(5)13)7(14)2-1-3-15-10/h4,7,14H,1-3H2/t7-/m0/s1. The van der Waals surface area contributed by atoms with Gasteiger partial charge in [-0.1, -0.05) is 23.2 Å². The van der Waals surface area contributed by atoms with Crippen molar-refractivity contribution in [3.63, 3.8) is 0 Å². The van der Waals surface area contributed by atoms with Crippen LogP contribution in [-0.2, 0) is 0 Å². The highest BCUT2D eigenvalue weighted by atomic mass is 79.9. The Balaban J connectivity index is 2.63. The molecule has 0 aromatic heterocycles. The summed E-state index contributed by atoms with van der Waals surface area (Å²) >= 11 is 15.4. The molecule has 5 heteroatoms. The lowest BCUT2D eigenvalue weighted by Crippen LogP contribution is -1.99. The van der Waals surface area contributed by atoms with Gasteiger partial charge >= 0.3 is 0 Å². The molecule has 0 saturated heterocycles. The lowest BCUT2D eigenvalue weighted by atomic mass is 10.1. The number of benzene rings is 1. The van der Waals surface area contributed by atoms with Crippen molar-refractivity contribution in [2.24, 2.45) is 0 Å². The topological polar surface area (TPSA) is 29.5 Å². The quantitative estimate of drug-likeness (QED) is 0.735. The normalized spacial score (nSPS) is 20.4. The highest BCUT2D eigenvalue weighted by Crippen LogP contribution is 2.44. The zero-order valence-electron chi connectivity index (χ0n) is 7.77. The third kappa shape index (κ3) is 2.11. The molecule has 0 spiro atoms. The van der Waals surface area contributed by atoms with Crippen molar-refractivity contribution in [2.45, 2.75) is 18.9 Å². The van der Waals surface area contributed by atoms with E-state index in [0.29, 0.717) is 38.9 Å². The molecule has 1 atom stereocenters. The van der Waals surface area contributed by atoms with E-state index in [1.165, 1.54) is 0 Å². The maximum Gasteiger partial charge on any atom is 0.145 e. The fraction of sp³-hybridized carbons (Fsp3) is 0.400. The molecule has 2 rings (SSSR count). The summed E-state index contributed by atoms with van der Waals surface area (Å²) in [6.45, 7) is 0.557. The summed E-state index contributed by atoms with van der Waals surface area (Å²) < 4.78 is 6.17. The largest absolute Gasteiger partial charge is 0.492 e. The molecule has 1 heterocycles. The first-order valence-electron chi connectivity index (χ1n) is 4.59. The van der Waals surface area contributed by atoms with E-state index in [4.69, 9.17) is 27.9 Å². The fourth-order valence-corrected chi connectivity index (χ4v) is 2.74. The van der Waals surface area contributed by atoms with Gasteiger partial charge in [0.2, 0.25) is 0 Å². The van der Waals surface area contributed by atoms with Gasteiger partial charge in [-0.15, -0.1) is 0 Å². The van der Waals surface area contributed by atoms with Gasteiger partial charge in [-0.05, 0) is 34.8 Å². The maximum absolute atomic E-state index is 9.93. The summed E-state index contributed by atoms with van der Waals surface area (Å²) in [5, 5.41) is 10.9. The third-order valence-corrected chi connectivity index (χ3v) is 3.90. The van der Waals surface area contributed by atoms with Crippen LogP contribution in [0.2, 0.25) is 10.0 Å². The van der Waals surface area contributed by atoms with Gasteiger partial charge in [0.1, 0.15) is 5.75 Å². The molecule has 1 aliphatic heterocycles. The van der Waals surface area contributed by atoms with E-state index >= 15 is 0 Å². The molecule has 1 N–H and O–H groups in total. The van der Waals surface area contributed by atoms with Gasteiger partial charge in [0.05, 0.1) is 22.8 Å². The lowest BCUT2D eigenvalue weighted by molar-refractivity contribution is 0.167. The molecule has 1 aliphatic rings. The zero-order valence-corrected chi connectivity index (χ0v) is 10.9. The Labute approximate surface area is 106 Å². The van der Waals surface area contributed by atoms with Crippen LogP contribution >= 0.6 is 39.1 Å². The number of rotatable bonds is 0. The summed E-state index contributed by atoms with van der Waals surface area (Å²) in [6.07, 6.45) is 0.824. The summed E-state index contributed by atoms with van der Waals surface area (Å²) in [5.41, 5.74) is 0.591. The fourth-order valence-electron chi connectivity index (χ4n) is 1.64. The Morgan fingerprint density at radius 1 is 1.47 bits per heavy atom. The van der Waals surface area contributed by atoms with Gasteiger partial charge in [0.15, 0.2) is 0 Å². The summed E-state index contributed by atoms with van der Waals surface area (Å²) in [4.78, 5) is 0. The van der Waals surface area contributed by atoms with E-state index in [1.807, 2.05) is 0 Å². The minimum atomic E-state index is -0.606. The average Bonchev–Trinajstić information content (AvgIpc) is 2.37. The predicted octanol–water partition coefficient (Wildman–Crippen LogP) is 3.96. The number of hydrogen-bond donors (Lipinski definition) is 1. The molecule has 15 heavy (non-hydrogen) atoms. The van der Waals surface area contributed by atoms with Gasteiger partial charge in [0.25, 0.3) is 0 Å². The molecule has 1 aromatic rings. The van der Waals surface area contributed by atoms with Gasteiger partial charge in [-0.3, -0.25) is 0 Å². The van der Waals surface area contributed by atoms with Crippen LogP contribution in [0.15, 0.2) is 10.5 Å². The highest BCUT2D eigenvalue weighted by Gasteiger charge is 2.24. The van der Waals surface area contributed by atoms with E-state index in [1.54, 1.807) is 6.07 Å². The van der Waals surface area contributed by atoms with Gasteiger partial charge in [0, 0.05) is 10.0 Å². The van der Waals surface area contributed by atoms with E-state index < -0.39 is 6.10 Å². The highest BCUT2D eigenvalue weighted by molar-refractivity contribution is 9.10. The van der Waals surface area contributed by atoms with Crippen LogP contribution in [0.1, 0.15) is 24.5 Å². The first-order valence-corrected chi connectivity index (χ1v) is 6.14. The second-order valence-corrected chi connectivity index (χ2v) is 5.04. The molecule has 2 nitrogen and oxygen atoms in total. The number of halogens is 3. The van der Waals surface area contributed by atoms with Crippen molar-refractivity contribution in [3.8, 4) is 5.75 Å². The molecule has 0 unspecified atom stereocenters. The zero-order chi connectivity index (χ0) is 11.0. The Kier molecular flexibility index (Phi) is 3.45. The Morgan fingerprint density at radius 3 is 2.93 bits per heavy atom. The molecule has 82 valence electrons. The second kappa shape index (κ2) is 4.50. The molecule has 0 amide bonds. The first kappa shape index (κ1) is 11.5. The number of aliphatic hydroxyl groups excluding tert-OH is 1. The molecule has 1 aromatic carbocycles. The second-order valence-electron chi connectivity index (χ2n) is 3.40. The smallest absolute Gasteiger partial charge is 0.145 e. The summed E-state index contributed by atoms with van der Waals surface area (Å²) in [5.74, 6) is 0.509. The van der Waals surface area contributed by atoms with Crippen molar-refractivity contribution in [2.75, 3.05) is 6.61 Å². The number of ether oxygens (including phenoxy) is 1. The van der Waals surface area contributed by atoms with Crippen molar-refractivity contribution in [3.05, 3.63) is 26.1 Å². The Bertz CT molecular complexity index is 395. The van der Waals surface area contributed by atoms with Crippen LogP contribution in [0.25, 0.3) is 0 Å². The maximum atomic E-state index is 9.93. The first-order chi connectivity index (χ1) is 7.11. The van der Waals surface area contributed by atoms with E-state index in [2.05, 4.69) is 15.9 Å². The average molecular weight is 312 g/mol. The van der Waals surface area contributed by atoms with Crippen molar-refractivity contribution < 1.29 is 9.84 Å².